The van der Waals surface area contributed by atoms with Gasteiger partial charge in [0.25, 0.3) is 0 Å². The lowest BCUT2D eigenvalue weighted by Crippen LogP contribution is -2.69. The molecule has 698 valence electrons. The number of amides is 5. The third-order valence-corrected chi connectivity index (χ3v) is 29.0. The van der Waals surface area contributed by atoms with Crippen LogP contribution in [-0.4, -0.2) is 270 Å². The number of methoxy groups -OCH3 is 4. The summed E-state index contributed by atoms with van der Waals surface area (Å²) >= 11 is 2.79. The lowest BCUT2D eigenvalue weighted by molar-refractivity contribution is -0.343. The highest BCUT2D eigenvalue weighted by molar-refractivity contribution is 14.1. The van der Waals surface area contributed by atoms with Gasteiger partial charge >= 0.3 is 12.1 Å². The largest absolute Gasteiger partial charge is 0.492 e. The fraction of sp³-hybridized carbons (Fsp3) is 0.670. The summed E-state index contributed by atoms with van der Waals surface area (Å²) in [6, 6.07) is 2.82. The monoisotopic (exact) mass is 1930 g/mol. The van der Waals surface area contributed by atoms with Crippen LogP contribution in [0.2, 0.25) is 0 Å². The van der Waals surface area contributed by atoms with Gasteiger partial charge in [0, 0.05) is 112 Å². The molecule has 13 N–H and O–H groups in total. The van der Waals surface area contributed by atoms with Gasteiger partial charge in [-0.15, -0.1) is 0 Å². The lowest BCUT2D eigenvalue weighted by atomic mass is 9.44. The minimum atomic E-state index is -1.82. The molecule has 7 aliphatic rings. The third kappa shape index (κ3) is 24.6. The minimum Gasteiger partial charge on any atom is -0.492 e. The molecule has 2 saturated carbocycles. The van der Waals surface area contributed by atoms with Crippen molar-refractivity contribution in [1.29, 1.82) is 0 Å². The number of Topliss-reactive ketones (excluding diaryl/α,β-unsaturated/α-hetero) is 4. The number of carbonyl (C=O) groups excluding carboxylic acids is 9. The number of aliphatic hydroxyl groups is 5. The number of hydroxylamine groups is 1. The first kappa shape index (κ1) is 103. The number of carbonyl (C=O) groups is 9. The Kier molecular flexibility index (Phi) is 38.9. The molecule has 3 aliphatic carbocycles. The maximum Gasteiger partial charge on any atom is 0.410 e. The highest BCUT2D eigenvalue weighted by Crippen LogP contribution is 2.70. The van der Waals surface area contributed by atoms with Crippen molar-refractivity contribution in [3.05, 3.63) is 67.8 Å². The van der Waals surface area contributed by atoms with Gasteiger partial charge < -0.3 is 124 Å². The molecule has 0 aromatic heterocycles. The fourth-order valence-corrected chi connectivity index (χ4v) is 20.8. The van der Waals surface area contributed by atoms with Crippen molar-refractivity contribution in [2.75, 3.05) is 71.5 Å². The first-order valence-electron chi connectivity index (χ1n) is 42.7. The molecule has 0 bridgehead atoms. The third-order valence-electron chi connectivity index (χ3n) is 24.0. The molecule has 4 heterocycles. The molecule has 2 aromatic rings. The van der Waals surface area contributed by atoms with Crippen LogP contribution in [0.3, 0.4) is 0 Å². The number of aliphatic hydroxyl groups excluding tert-OH is 4. The topological polar surface area (TPSA) is 478 Å². The average molecular weight is 1940 g/mol. The van der Waals surface area contributed by atoms with Gasteiger partial charge in [-0.25, -0.2) is 9.59 Å². The van der Waals surface area contributed by atoms with Crippen molar-refractivity contribution < 1.29 is 130 Å². The molecular weight excluding hydrogens is 1810 g/mol. The second kappa shape index (κ2) is 47.5. The van der Waals surface area contributed by atoms with E-state index in [2.05, 4.69) is 45.1 Å². The molecule has 6 fully saturated rings. The van der Waals surface area contributed by atoms with Crippen molar-refractivity contribution in [1.82, 2.24) is 21.0 Å². The standard InChI is InChI=1S/C88H124IN7O27S3/c1-16-96(86(109)116-42-52-26-28-55(29-27-52)93-80(105)54(24-21-34-92-85(91)108)38-59(99)69(44(3)4)94-81(106)53(36-46(6)97)23-18-19-33-90)58-43-115-64(40-63(58)111-12)121-77-72(103)70(49(9)118-84(77)120-62-25-20-22-45(5)30-32-87-57(37-47(7)98)61(101)41-88(87,110)56(67(62)87)31-35-125-124-17-2)95-123-65-39-60(100)79(51(11)117-65)126-82(107)66-48(8)68(89)75(78(114-15)74(66)112-13)122-83-73(104)76(113-14)71(102)50(10)119-83/h22,26-29,31,44,49-51,53-54,57-58,60,62-65,67,69-73,76-77,79,83-84,95,100,102-104,110H,16-19,21,23-24,33-43,90H2,1-15H3,(H,93,105)(H,94,106)(H3,91,92,108)/b45-22-,56-31+/t49-,50+,51-,53-,54-,57?,58+,60+,62+,63+,64+,65+,67?,69+,70-,71+,72+,73-,76-,77-,79-,83+,84+,87?,88+/m1/s1. The summed E-state index contributed by atoms with van der Waals surface area (Å²) in [4.78, 5) is 130. The number of anilines is 1. The number of nitrogens with two attached hydrogens (primary N) is 2. The number of unbranched alkanes of at least 4 members (excludes halogenated alkanes) is 1. The van der Waals surface area contributed by atoms with Crippen LogP contribution >= 0.6 is 55.9 Å². The van der Waals surface area contributed by atoms with Crippen LogP contribution in [0.15, 0.2) is 47.6 Å². The van der Waals surface area contributed by atoms with E-state index >= 15 is 0 Å². The minimum absolute atomic E-state index is 0.000626. The number of hydrogen-bond acceptors (Lipinski definition) is 32. The number of ketones is 4. The van der Waals surface area contributed by atoms with Crippen LogP contribution in [0, 0.1) is 69.2 Å². The van der Waals surface area contributed by atoms with Gasteiger partial charge in [0.15, 0.2) is 36.2 Å². The van der Waals surface area contributed by atoms with Crippen molar-refractivity contribution in [3.63, 3.8) is 0 Å². The fourth-order valence-electron chi connectivity index (χ4n) is 17.5. The smallest absolute Gasteiger partial charge is 0.410 e. The second-order valence-electron chi connectivity index (χ2n) is 33.1. The van der Waals surface area contributed by atoms with E-state index in [0.29, 0.717) is 63.1 Å². The molecule has 3 unspecified atom stereocenters. The molecule has 0 radical (unpaired) electrons. The van der Waals surface area contributed by atoms with Crippen LogP contribution in [0.5, 0.6) is 17.2 Å². The molecule has 9 rings (SSSR count). The van der Waals surface area contributed by atoms with Crippen LogP contribution in [0.1, 0.15) is 161 Å². The van der Waals surface area contributed by atoms with Crippen LogP contribution < -0.4 is 47.1 Å². The first-order chi connectivity index (χ1) is 59.9. The van der Waals surface area contributed by atoms with Gasteiger partial charge in [0.05, 0.1) is 89.3 Å². The number of allylic oxidation sites excluding steroid dienone is 2. The number of hydrogen-bond donors (Lipinski definition) is 11. The van der Waals surface area contributed by atoms with E-state index in [9.17, 15) is 68.7 Å². The Morgan fingerprint density at radius 1 is 0.802 bits per heavy atom. The van der Waals surface area contributed by atoms with Gasteiger partial charge in [-0.1, -0.05) is 102 Å². The Bertz CT molecular complexity index is 4340. The zero-order valence-electron chi connectivity index (χ0n) is 74.0. The van der Waals surface area contributed by atoms with Crippen LogP contribution in [0.25, 0.3) is 0 Å². The quantitative estimate of drug-likeness (QED) is 0.00811. The molecule has 4 saturated heterocycles. The van der Waals surface area contributed by atoms with Gasteiger partial charge in [-0.2, -0.15) is 5.48 Å². The van der Waals surface area contributed by atoms with Crippen molar-refractivity contribution >= 4 is 114 Å². The Balaban J connectivity index is 0.912. The Hall–Kier alpha value is -6.59. The number of nitrogens with one attached hydrogen (secondary N) is 4. The summed E-state index contributed by atoms with van der Waals surface area (Å²) in [7, 11) is 8.64. The summed E-state index contributed by atoms with van der Waals surface area (Å²) < 4.78 is 75.2. The number of ether oxygens (including phenoxy) is 12. The van der Waals surface area contributed by atoms with Gasteiger partial charge in [-0.05, 0) is 151 Å². The number of thioether (sulfide) groups is 1. The summed E-state index contributed by atoms with van der Waals surface area (Å²) in [5.74, 6) is 7.95. The second-order valence-corrected chi connectivity index (χ2v) is 38.1. The van der Waals surface area contributed by atoms with E-state index in [0.717, 1.165) is 17.5 Å². The van der Waals surface area contributed by atoms with Gasteiger partial charge in [0.2, 0.25) is 29.0 Å². The summed E-state index contributed by atoms with van der Waals surface area (Å²) in [5, 5.41) is 66.7. The predicted molar refractivity (Wildman–Crippen MR) is 476 cm³/mol. The number of benzene rings is 2. The maximum atomic E-state index is 14.7. The number of rotatable bonds is 43. The lowest BCUT2D eigenvalue weighted by Gasteiger charge is -2.60. The van der Waals surface area contributed by atoms with E-state index in [4.69, 9.17) is 73.1 Å². The number of halogens is 1. The molecule has 5 amide bonds. The summed E-state index contributed by atoms with van der Waals surface area (Å²) in [6.45, 7) is 18.7. The molecule has 2 aromatic carbocycles. The first-order valence-corrected chi connectivity index (χ1v) is 47.1. The Morgan fingerprint density at radius 2 is 1.50 bits per heavy atom. The maximum absolute atomic E-state index is 14.7. The average Bonchev–Trinajstić information content (AvgIpc) is 1.48. The van der Waals surface area contributed by atoms with Gasteiger partial charge in [0.1, 0.15) is 66.2 Å². The molecule has 4 aliphatic heterocycles. The highest BCUT2D eigenvalue weighted by Gasteiger charge is 2.78. The number of urea groups is 1. The molecular formula is C88H124IN7O27S3. The molecule has 126 heavy (non-hydrogen) atoms. The Labute approximate surface area is 761 Å². The molecule has 38 heteroatoms. The number of primary amides is 1. The Morgan fingerprint density at radius 3 is 2.13 bits per heavy atom. The van der Waals surface area contributed by atoms with Crippen molar-refractivity contribution in [2.45, 2.75) is 275 Å². The van der Waals surface area contributed by atoms with E-state index < -0.39 is 185 Å². The molecule has 1 spiro atoms. The van der Waals surface area contributed by atoms with Gasteiger partial charge in [-0.3, -0.25) is 28.8 Å². The van der Waals surface area contributed by atoms with Crippen LogP contribution in [0.4, 0.5) is 15.3 Å². The zero-order chi connectivity index (χ0) is 92.3. The van der Waals surface area contributed by atoms with E-state index in [1.54, 1.807) is 96.5 Å². The van der Waals surface area contributed by atoms with E-state index in [1.807, 2.05) is 35.6 Å². The number of likely N-dealkylation sites (N-methyl/N-ethyl adjacent to an activating group) is 1. The summed E-state index contributed by atoms with van der Waals surface area (Å²) in [5.41, 5.74) is 12.9. The highest BCUT2D eigenvalue weighted by atomic mass is 127. The van der Waals surface area contributed by atoms with Crippen molar-refractivity contribution in [3.8, 4) is 40.9 Å². The zero-order valence-corrected chi connectivity index (χ0v) is 78.6. The molecule has 25 atom stereocenters. The van der Waals surface area contributed by atoms with E-state index in [1.165, 1.54) is 58.0 Å². The number of nitrogens with zero attached hydrogens (tertiary/aromatic N) is 1. The predicted octanol–water partition coefficient (Wildman–Crippen LogP) is 6.81. The summed E-state index contributed by atoms with van der Waals surface area (Å²) in [6.07, 6.45) is -14.3. The molecule has 34 nitrogen and oxygen atoms in total. The normalized spacial score (nSPS) is 31.3. The van der Waals surface area contributed by atoms with Crippen molar-refractivity contribution in [2.24, 2.45) is 46.5 Å². The van der Waals surface area contributed by atoms with E-state index in [-0.39, 0.29) is 124 Å². The SMILES string of the molecule is CCSSC/C=C1\C2[C@@H](O[C@@H]3O[C@H](C)[C@@H](NO[C@H]4C[C@H](O)[C@H](SC(=O)c5c(C)c(I)c(O[C@@H]6O[C@@H](C)[C@H](O)[C@@H](OC)[C@H]6O)c(OC)c5OC)[C@@H](C)O4)[C@H](O)[C@H]3O[C@H]3C[C@H](OC)[C@@H](N(CC)C(=O)OCc4ccc(NC(=O)[C@H](CCCNC(N)=O)CC(=O)[C@@H](NC(=O)[C@H](CCCCN)CC(C)=O)C(C)C)cc4)CO3)C#C/C=C(/C)C#CC23C(CC(C)=O)C(=O)C[C@]13O. The van der Waals surface area contributed by atoms with Crippen LogP contribution in [-0.2, 0) is 82.8 Å².